The lowest BCUT2D eigenvalue weighted by Crippen LogP contribution is -2.34. The van der Waals surface area contributed by atoms with E-state index in [-0.39, 0.29) is 17.1 Å². The summed E-state index contributed by atoms with van der Waals surface area (Å²) < 4.78 is 12.4. The van der Waals surface area contributed by atoms with E-state index >= 15 is 0 Å². The third-order valence-corrected chi connectivity index (χ3v) is 4.77. The van der Waals surface area contributed by atoms with Crippen LogP contribution in [0.5, 0.6) is 5.75 Å². The summed E-state index contributed by atoms with van der Waals surface area (Å²) in [4.78, 5) is 12.3. The van der Waals surface area contributed by atoms with E-state index in [1.54, 1.807) is 12.1 Å². The number of thiocarbonyl (C=S) groups is 1. The van der Waals surface area contributed by atoms with Gasteiger partial charge in [-0.3, -0.25) is 10.1 Å². The predicted molar refractivity (Wildman–Crippen MR) is 114 cm³/mol. The van der Waals surface area contributed by atoms with Crippen molar-refractivity contribution in [1.82, 2.24) is 5.32 Å². The van der Waals surface area contributed by atoms with Crippen molar-refractivity contribution in [1.29, 1.82) is 0 Å². The van der Waals surface area contributed by atoms with Crippen molar-refractivity contribution in [3.05, 3.63) is 57.7 Å². The zero-order valence-electron chi connectivity index (χ0n) is 14.0. The number of amides is 1. The van der Waals surface area contributed by atoms with Crippen molar-refractivity contribution in [3.63, 3.8) is 0 Å². The highest BCUT2D eigenvalue weighted by molar-refractivity contribution is 14.1. The highest BCUT2D eigenvalue weighted by Gasteiger charge is 2.17. The maximum atomic E-state index is 12.3. The number of ether oxygens (including phenoxy) is 2. The summed E-state index contributed by atoms with van der Waals surface area (Å²) in [6.07, 6.45) is 2.22. The van der Waals surface area contributed by atoms with Crippen LogP contribution < -0.4 is 15.4 Å². The topological polar surface area (TPSA) is 59.6 Å². The van der Waals surface area contributed by atoms with E-state index in [2.05, 4.69) is 33.2 Å². The number of hydrogen-bond acceptors (Lipinski definition) is 4. The Hall–Kier alpha value is -1.71. The fraction of sp³-hybridized carbons (Fsp3) is 0.263. The molecule has 26 heavy (non-hydrogen) atoms. The molecule has 0 saturated carbocycles. The molecule has 1 amide bonds. The molecule has 0 aliphatic carbocycles. The lowest BCUT2D eigenvalue weighted by atomic mass is 10.2. The normalized spacial score (nSPS) is 16.1. The molecule has 136 valence electrons. The second kappa shape index (κ2) is 9.29. The fourth-order valence-electron chi connectivity index (χ4n) is 2.61. The second-order valence-electron chi connectivity index (χ2n) is 5.86. The van der Waals surface area contributed by atoms with Gasteiger partial charge in [-0.1, -0.05) is 18.2 Å². The molecule has 0 radical (unpaired) electrons. The number of para-hydroxylation sites is 2. The summed E-state index contributed by atoms with van der Waals surface area (Å²) >= 11 is 7.44. The van der Waals surface area contributed by atoms with E-state index < -0.39 is 0 Å². The molecule has 1 heterocycles. The highest BCUT2D eigenvalue weighted by atomic mass is 127. The Labute approximate surface area is 171 Å². The molecule has 1 atom stereocenters. The van der Waals surface area contributed by atoms with Gasteiger partial charge in [-0.25, -0.2) is 0 Å². The Balaban J connectivity index is 1.59. The first-order valence-electron chi connectivity index (χ1n) is 8.33. The first-order valence-corrected chi connectivity index (χ1v) is 9.82. The second-order valence-corrected chi connectivity index (χ2v) is 7.51. The number of carbonyl (C=O) groups excluding carboxylic acids is 1. The van der Waals surface area contributed by atoms with Gasteiger partial charge in [0.25, 0.3) is 5.91 Å². The minimum absolute atomic E-state index is 0.135. The molecule has 5 nitrogen and oxygen atoms in total. The van der Waals surface area contributed by atoms with Gasteiger partial charge < -0.3 is 14.8 Å². The highest BCUT2D eigenvalue weighted by Crippen LogP contribution is 2.25. The first-order chi connectivity index (χ1) is 12.6. The number of nitrogens with one attached hydrogen (secondary N) is 2. The summed E-state index contributed by atoms with van der Waals surface area (Å²) in [6.45, 7) is 1.29. The maximum Gasteiger partial charge on any atom is 0.257 e. The van der Waals surface area contributed by atoms with Gasteiger partial charge in [0.2, 0.25) is 0 Å². The first kappa shape index (κ1) is 19.1. The summed E-state index contributed by atoms with van der Waals surface area (Å²) in [6, 6.07) is 14.8. The molecule has 2 aromatic carbocycles. The molecule has 2 aromatic rings. The van der Waals surface area contributed by atoms with Gasteiger partial charge in [0, 0.05) is 15.7 Å². The molecule has 1 aliphatic rings. The van der Waals surface area contributed by atoms with Crippen LogP contribution in [0, 0.1) is 3.57 Å². The van der Waals surface area contributed by atoms with Crippen LogP contribution >= 0.6 is 34.8 Å². The summed E-state index contributed by atoms with van der Waals surface area (Å²) in [5.41, 5.74) is 1.27. The summed E-state index contributed by atoms with van der Waals surface area (Å²) in [5, 5.41) is 5.95. The number of anilines is 1. The van der Waals surface area contributed by atoms with Crippen LogP contribution in [0.25, 0.3) is 0 Å². The van der Waals surface area contributed by atoms with Gasteiger partial charge in [0.05, 0.1) is 11.8 Å². The number of halogens is 1. The molecular formula is C19H19IN2O3S. The van der Waals surface area contributed by atoms with Crippen molar-refractivity contribution < 1.29 is 14.3 Å². The third kappa shape index (κ3) is 5.39. The summed E-state index contributed by atoms with van der Waals surface area (Å²) in [7, 11) is 0. The predicted octanol–water partition coefficient (Wildman–Crippen LogP) is 3.98. The maximum absolute atomic E-state index is 12.3. The Morgan fingerprint density at radius 1 is 1.27 bits per heavy atom. The van der Waals surface area contributed by atoms with E-state index in [0.29, 0.717) is 23.6 Å². The monoisotopic (exact) mass is 482 g/mol. The van der Waals surface area contributed by atoms with Crippen molar-refractivity contribution in [2.75, 3.05) is 18.5 Å². The SMILES string of the molecule is O=C(NC(=S)Nc1ccccc1OCC1CCCO1)c1cccc(I)c1. The molecule has 2 N–H and O–H groups in total. The van der Waals surface area contributed by atoms with Crippen molar-refractivity contribution in [2.45, 2.75) is 18.9 Å². The molecule has 1 unspecified atom stereocenters. The molecule has 7 heteroatoms. The lowest BCUT2D eigenvalue weighted by Gasteiger charge is -2.16. The number of hydrogen-bond donors (Lipinski definition) is 2. The summed E-state index contributed by atoms with van der Waals surface area (Å²) in [5.74, 6) is 0.424. The average Bonchev–Trinajstić information content (AvgIpc) is 3.14. The van der Waals surface area contributed by atoms with E-state index in [4.69, 9.17) is 21.7 Å². The van der Waals surface area contributed by atoms with Crippen LogP contribution in [0.15, 0.2) is 48.5 Å². The van der Waals surface area contributed by atoms with E-state index in [0.717, 1.165) is 23.0 Å². The van der Waals surface area contributed by atoms with Gasteiger partial charge in [-0.15, -0.1) is 0 Å². The Bertz CT molecular complexity index is 794. The van der Waals surface area contributed by atoms with Gasteiger partial charge in [0.15, 0.2) is 5.11 Å². The molecule has 0 aromatic heterocycles. The van der Waals surface area contributed by atoms with Crippen LogP contribution in [0.4, 0.5) is 5.69 Å². The van der Waals surface area contributed by atoms with Crippen molar-refractivity contribution in [2.24, 2.45) is 0 Å². The van der Waals surface area contributed by atoms with Crippen molar-refractivity contribution >= 4 is 51.5 Å². The zero-order valence-corrected chi connectivity index (χ0v) is 17.0. The largest absolute Gasteiger partial charge is 0.489 e. The number of rotatable bonds is 5. The van der Waals surface area contributed by atoms with Crippen LogP contribution in [0.3, 0.4) is 0 Å². The smallest absolute Gasteiger partial charge is 0.257 e. The third-order valence-electron chi connectivity index (χ3n) is 3.90. The molecule has 0 spiro atoms. The quantitative estimate of drug-likeness (QED) is 0.499. The fourth-order valence-corrected chi connectivity index (χ4v) is 3.36. The van der Waals surface area contributed by atoms with Gasteiger partial charge in [-0.2, -0.15) is 0 Å². The minimum Gasteiger partial charge on any atom is -0.489 e. The molecule has 1 aliphatic heterocycles. The average molecular weight is 482 g/mol. The van der Waals surface area contributed by atoms with Gasteiger partial charge in [0.1, 0.15) is 12.4 Å². The zero-order chi connectivity index (χ0) is 18.4. The van der Waals surface area contributed by atoms with Crippen LogP contribution in [0.2, 0.25) is 0 Å². The van der Waals surface area contributed by atoms with Gasteiger partial charge in [-0.05, 0) is 78.0 Å². The lowest BCUT2D eigenvalue weighted by molar-refractivity contribution is 0.0682. The molecule has 3 rings (SSSR count). The Kier molecular flexibility index (Phi) is 6.81. The van der Waals surface area contributed by atoms with Crippen LogP contribution in [-0.2, 0) is 4.74 Å². The van der Waals surface area contributed by atoms with E-state index in [1.165, 1.54) is 0 Å². The van der Waals surface area contributed by atoms with Crippen LogP contribution in [0.1, 0.15) is 23.2 Å². The Morgan fingerprint density at radius 3 is 2.88 bits per heavy atom. The Morgan fingerprint density at radius 2 is 2.12 bits per heavy atom. The van der Waals surface area contributed by atoms with Crippen LogP contribution in [-0.4, -0.2) is 30.3 Å². The molecular weight excluding hydrogens is 463 g/mol. The van der Waals surface area contributed by atoms with Crippen molar-refractivity contribution in [3.8, 4) is 5.75 Å². The molecule has 1 saturated heterocycles. The number of benzene rings is 2. The molecule has 0 bridgehead atoms. The van der Waals surface area contributed by atoms with E-state index in [1.807, 2.05) is 36.4 Å². The van der Waals surface area contributed by atoms with E-state index in [9.17, 15) is 4.79 Å². The minimum atomic E-state index is -0.251. The number of carbonyl (C=O) groups is 1. The van der Waals surface area contributed by atoms with Gasteiger partial charge >= 0.3 is 0 Å². The molecule has 1 fully saturated rings. The standard InChI is InChI=1S/C19H19IN2O3S/c20-14-6-3-5-13(11-14)18(23)22-19(26)21-16-8-1-2-9-17(16)25-12-15-7-4-10-24-15/h1-3,5-6,8-9,11,15H,4,7,10,12H2,(H2,21,22,23,26).